The summed E-state index contributed by atoms with van der Waals surface area (Å²) in [5.74, 6) is -0.146. The van der Waals surface area contributed by atoms with Crippen LogP contribution in [0, 0.1) is 5.82 Å². The van der Waals surface area contributed by atoms with Crippen LogP contribution in [0.4, 0.5) is 4.39 Å². The van der Waals surface area contributed by atoms with Crippen LogP contribution in [0.5, 0.6) is 0 Å². The van der Waals surface area contributed by atoms with E-state index in [0.29, 0.717) is 6.04 Å². The Morgan fingerprint density at radius 1 is 0.931 bits per heavy atom. The quantitative estimate of drug-likeness (QED) is 0.538. The van der Waals surface area contributed by atoms with Crippen molar-refractivity contribution >= 4 is 11.6 Å². The van der Waals surface area contributed by atoms with Crippen molar-refractivity contribution in [2.24, 2.45) is 0 Å². The van der Waals surface area contributed by atoms with E-state index in [2.05, 4.69) is 46.6 Å². The zero-order valence-electron chi connectivity index (χ0n) is 16.5. The van der Waals surface area contributed by atoms with Gasteiger partial charge in [-0.1, -0.05) is 60.1 Å². The number of rotatable bonds is 7. The molecule has 4 rings (SSSR count). The second-order valence-electron chi connectivity index (χ2n) is 7.73. The number of hydrogen-bond acceptors (Lipinski definition) is 2. The second kappa shape index (κ2) is 9.53. The predicted molar refractivity (Wildman–Crippen MR) is 118 cm³/mol. The summed E-state index contributed by atoms with van der Waals surface area (Å²) in [4.78, 5) is 2.52. The maximum atomic E-state index is 13.8. The van der Waals surface area contributed by atoms with Gasteiger partial charge in [-0.15, -0.1) is 0 Å². The highest BCUT2D eigenvalue weighted by Gasteiger charge is 2.26. The molecule has 3 aromatic rings. The first-order valence-electron chi connectivity index (χ1n) is 10.2. The number of fused-ring (bicyclic) bond motifs is 1. The second-order valence-corrected chi connectivity index (χ2v) is 8.17. The molecule has 2 nitrogen and oxygen atoms in total. The topological polar surface area (TPSA) is 15.3 Å². The number of benzene rings is 3. The predicted octanol–water partition coefficient (Wildman–Crippen LogP) is 5.24. The lowest BCUT2D eigenvalue weighted by Crippen LogP contribution is -2.44. The Bertz CT molecular complexity index is 927. The van der Waals surface area contributed by atoms with Gasteiger partial charge in [0.1, 0.15) is 5.82 Å². The van der Waals surface area contributed by atoms with E-state index >= 15 is 0 Å². The van der Waals surface area contributed by atoms with E-state index < -0.39 is 0 Å². The molecule has 1 unspecified atom stereocenters. The summed E-state index contributed by atoms with van der Waals surface area (Å²) in [5, 5.41) is 4.31. The molecule has 1 aliphatic heterocycles. The lowest BCUT2D eigenvalue weighted by atomic mass is 9.90. The summed E-state index contributed by atoms with van der Waals surface area (Å²) >= 11 is 6.04. The summed E-state index contributed by atoms with van der Waals surface area (Å²) in [7, 11) is 0. The molecular formula is C25H26ClFN2. The van der Waals surface area contributed by atoms with Crippen LogP contribution >= 0.6 is 11.6 Å². The van der Waals surface area contributed by atoms with Crippen molar-refractivity contribution in [1.82, 2.24) is 10.2 Å². The van der Waals surface area contributed by atoms with Gasteiger partial charge in [0.15, 0.2) is 0 Å². The zero-order valence-corrected chi connectivity index (χ0v) is 17.2. The lowest BCUT2D eigenvalue weighted by Gasteiger charge is -2.37. The molecule has 0 bridgehead atoms. The van der Waals surface area contributed by atoms with Crippen molar-refractivity contribution < 1.29 is 4.39 Å². The fourth-order valence-electron chi connectivity index (χ4n) is 4.08. The summed E-state index contributed by atoms with van der Waals surface area (Å²) in [5.41, 5.74) is 4.94. The van der Waals surface area contributed by atoms with Gasteiger partial charge < -0.3 is 5.32 Å². The highest BCUT2D eigenvalue weighted by Crippen LogP contribution is 2.26. The van der Waals surface area contributed by atoms with Gasteiger partial charge in [-0.05, 0) is 59.4 Å². The molecule has 0 amide bonds. The molecule has 1 N–H and O–H groups in total. The normalized spacial score (nSPS) is 16.6. The Balaban J connectivity index is 1.42. The molecule has 0 saturated carbocycles. The lowest BCUT2D eigenvalue weighted by molar-refractivity contribution is 0.170. The van der Waals surface area contributed by atoms with Crippen molar-refractivity contribution in [3.05, 3.63) is 106 Å². The molecule has 4 heteroatoms. The van der Waals surface area contributed by atoms with Crippen LogP contribution < -0.4 is 5.32 Å². The fourth-order valence-corrected chi connectivity index (χ4v) is 4.20. The monoisotopic (exact) mass is 408 g/mol. The number of halogens is 2. The van der Waals surface area contributed by atoms with Gasteiger partial charge in [-0.3, -0.25) is 4.90 Å². The highest BCUT2D eigenvalue weighted by molar-refractivity contribution is 6.30. The van der Waals surface area contributed by atoms with Crippen LogP contribution in [0.2, 0.25) is 5.02 Å². The van der Waals surface area contributed by atoms with E-state index in [1.165, 1.54) is 16.7 Å². The van der Waals surface area contributed by atoms with Crippen molar-refractivity contribution in [2.45, 2.75) is 32.0 Å². The Morgan fingerprint density at radius 3 is 2.52 bits per heavy atom. The molecule has 1 heterocycles. The van der Waals surface area contributed by atoms with E-state index in [4.69, 9.17) is 11.6 Å². The number of nitrogens with zero attached hydrogens (tertiary/aromatic N) is 1. The molecular weight excluding hydrogens is 383 g/mol. The minimum absolute atomic E-state index is 0.146. The van der Waals surface area contributed by atoms with Gasteiger partial charge in [-0.25, -0.2) is 4.39 Å². The summed E-state index contributed by atoms with van der Waals surface area (Å²) in [6.07, 6.45) is 1.81. The first-order valence-corrected chi connectivity index (χ1v) is 10.6. The van der Waals surface area contributed by atoms with Crippen LogP contribution in [0.3, 0.4) is 0 Å². The molecule has 0 aromatic heterocycles. The highest BCUT2D eigenvalue weighted by atomic mass is 35.5. The van der Waals surface area contributed by atoms with Crippen LogP contribution in [-0.4, -0.2) is 24.0 Å². The van der Waals surface area contributed by atoms with Gasteiger partial charge in [0.2, 0.25) is 0 Å². The maximum absolute atomic E-state index is 13.8. The Kier molecular flexibility index (Phi) is 6.60. The third kappa shape index (κ3) is 5.45. The van der Waals surface area contributed by atoms with Crippen LogP contribution in [-0.2, 0) is 25.9 Å². The molecule has 0 fully saturated rings. The smallest absolute Gasteiger partial charge is 0.123 e. The molecule has 0 spiro atoms. The fraction of sp³-hybridized carbons (Fsp3) is 0.280. The molecule has 1 aliphatic rings. The van der Waals surface area contributed by atoms with Gasteiger partial charge in [0.25, 0.3) is 0 Å². The molecule has 150 valence electrons. The molecule has 29 heavy (non-hydrogen) atoms. The van der Waals surface area contributed by atoms with E-state index in [1.807, 2.05) is 24.3 Å². The van der Waals surface area contributed by atoms with Gasteiger partial charge in [-0.2, -0.15) is 0 Å². The zero-order chi connectivity index (χ0) is 20.1. The number of hydrogen-bond donors (Lipinski definition) is 1. The van der Waals surface area contributed by atoms with E-state index in [9.17, 15) is 4.39 Å². The Hall–Kier alpha value is -2.20. The average Bonchev–Trinajstić information content (AvgIpc) is 2.74. The van der Waals surface area contributed by atoms with E-state index in [1.54, 1.807) is 12.1 Å². The standard InChI is InChI=1S/C25H26ClFN2/c26-23-9-6-19(7-10-23)14-25-16-22-15-24(27)11-8-21(22)18-29(25)13-12-28-17-20-4-2-1-3-5-20/h1-11,15,25,28H,12-14,16-18H2. The Labute approximate surface area is 177 Å². The minimum Gasteiger partial charge on any atom is -0.311 e. The molecule has 1 atom stereocenters. The van der Waals surface area contributed by atoms with Crippen molar-refractivity contribution in [2.75, 3.05) is 13.1 Å². The average molecular weight is 409 g/mol. The summed E-state index contributed by atoms with van der Waals surface area (Å²) in [6, 6.07) is 24.1. The van der Waals surface area contributed by atoms with E-state index in [0.717, 1.165) is 49.6 Å². The molecule has 0 aliphatic carbocycles. The molecule has 3 aromatic carbocycles. The third-order valence-corrected chi connectivity index (χ3v) is 5.90. The minimum atomic E-state index is -0.146. The number of nitrogens with one attached hydrogen (secondary N) is 1. The van der Waals surface area contributed by atoms with Gasteiger partial charge in [0.05, 0.1) is 0 Å². The van der Waals surface area contributed by atoms with Crippen molar-refractivity contribution in [3.63, 3.8) is 0 Å². The van der Waals surface area contributed by atoms with Crippen LogP contribution in [0.1, 0.15) is 22.3 Å². The third-order valence-electron chi connectivity index (χ3n) is 5.65. The summed E-state index contributed by atoms with van der Waals surface area (Å²) in [6.45, 7) is 3.61. The maximum Gasteiger partial charge on any atom is 0.123 e. The Morgan fingerprint density at radius 2 is 1.72 bits per heavy atom. The van der Waals surface area contributed by atoms with Gasteiger partial charge >= 0.3 is 0 Å². The first kappa shape index (κ1) is 20.1. The first-order chi connectivity index (χ1) is 14.2. The molecule has 0 saturated heterocycles. The van der Waals surface area contributed by atoms with Crippen molar-refractivity contribution in [3.8, 4) is 0 Å². The van der Waals surface area contributed by atoms with Gasteiger partial charge in [0, 0.05) is 37.2 Å². The van der Waals surface area contributed by atoms with Crippen LogP contribution in [0.25, 0.3) is 0 Å². The molecule has 0 radical (unpaired) electrons. The SMILES string of the molecule is Fc1ccc2c(c1)CC(Cc1ccc(Cl)cc1)N(CCNCc1ccccc1)C2. The summed E-state index contributed by atoms with van der Waals surface area (Å²) < 4.78 is 13.8. The van der Waals surface area contributed by atoms with E-state index in [-0.39, 0.29) is 5.82 Å². The van der Waals surface area contributed by atoms with Crippen molar-refractivity contribution in [1.29, 1.82) is 0 Å². The largest absolute Gasteiger partial charge is 0.311 e. The van der Waals surface area contributed by atoms with Crippen LogP contribution in [0.15, 0.2) is 72.8 Å².